The van der Waals surface area contributed by atoms with Crippen molar-refractivity contribution in [3.63, 3.8) is 0 Å². The normalized spacial score (nSPS) is 21.0. The summed E-state index contributed by atoms with van der Waals surface area (Å²) < 4.78 is 0. The highest BCUT2D eigenvalue weighted by Crippen LogP contribution is 2.52. The molecule has 252 valence electrons. The van der Waals surface area contributed by atoms with Gasteiger partial charge in [0.2, 0.25) is 0 Å². The first-order valence-corrected chi connectivity index (χ1v) is 18.8. The quantitative estimate of drug-likeness (QED) is 0.167. The lowest BCUT2D eigenvalue weighted by atomic mass is 9.60. The third kappa shape index (κ3) is 6.64. The number of nitrogens with zero attached hydrogens (tertiary/aromatic N) is 2. The van der Waals surface area contributed by atoms with Gasteiger partial charge in [0.1, 0.15) is 0 Å². The van der Waals surface area contributed by atoms with Crippen molar-refractivity contribution in [1.82, 2.24) is 9.97 Å². The second kappa shape index (κ2) is 14.9. The summed E-state index contributed by atoms with van der Waals surface area (Å²) in [7, 11) is 0. The number of fused-ring (bicyclic) bond motifs is 3. The fourth-order valence-corrected chi connectivity index (χ4v) is 8.29. The van der Waals surface area contributed by atoms with E-state index in [0.29, 0.717) is 0 Å². The summed E-state index contributed by atoms with van der Waals surface area (Å²) in [5.41, 5.74) is 13.9. The zero-order chi connectivity index (χ0) is 34.5. The molecule has 0 bridgehead atoms. The van der Waals surface area contributed by atoms with E-state index in [0.717, 1.165) is 74.2 Å². The van der Waals surface area contributed by atoms with Gasteiger partial charge in [-0.2, -0.15) is 0 Å². The van der Waals surface area contributed by atoms with Gasteiger partial charge >= 0.3 is 0 Å². The van der Waals surface area contributed by atoms with Gasteiger partial charge in [-0.05, 0) is 95.5 Å². The lowest BCUT2D eigenvalue weighted by Crippen LogP contribution is -2.36. The van der Waals surface area contributed by atoms with Gasteiger partial charge in [-0.15, -0.1) is 0 Å². The maximum Gasteiger partial charge on any atom is 0.159 e. The van der Waals surface area contributed by atoms with E-state index >= 15 is 0 Å². The molecular weight excluding hydrogens is 617 g/mol. The van der Waals surface area contributed by atoms with E-state index in [1.54, 1.807) is 0 Å². The van der Waals surface area contributed by atoms with Gasteiger partial charge in [0.25, 0.3) is 0 Å². The van der Waals surface area contributed by atoms with Crippen molar-refractivity contribution >= 4 is 11.1 Å². The van der Waals surface area contributed by atoms with Crippen LogP contribution in [0.15, 0.2) is 163 Å². The van der Waals surface area contributed by atoms with Crippen molar-refractivity contribution in [2.45, 2.75) is 69.6 Å². The maximum absolute atomic E-state index is 5.17. The largest absolute Gasteiger partial charge is 0.233 e. The van der Waals surface area contributed by atoms with E-state index in [9.17, 15) is 0 Å². The Kier molecular flexibility index (Phi) is 9.58. The molecule has 51 heavy (non-hydrogen) atoms. The molecule has 8 rings (SSSR count). The summed E-state index contributed by atoms with van der Waals surface area (Å²) in [6.07, 6.45) is 37.4. The first-order valence-electron chi connectivity index (χ1n) is 18.8. The fourth-order valence-electron chi connectivity index (χ4n) is 8.29. The van der Waals surface area contributed by atoms with Crippen molar-refractivity contribution in [3.8, 4) is 11.1 Å². The minimum Gasteiger partial charge on any atom is -0.233 e. The molecule has 1 aromatic heterocycles. The number of rotatable bonds is 9. The number of hydrogen-bond donors (Lipinski definition) is 0. The summed E-state index contributed by atoms with van der Waals surface area (Å²) in [5.74, 6) is 1.07. The summed E-state index contributed by atoms with van der Waals surface area (Å²) in [5, 5.41) is 0. The summed E-state index contributed by atoms with van der Waals surface area (Å²) in [6, 6.07) is 29.8. The zero-order valence-electron chi connectivity index (χ0n) is 29.6. The van der Waals surface area contributed by atoms with Gasteiger partial charge in [-0.25, -0.2) is 9.97 Å². The van der Waals surface area contributed by atoms with E-state index in [4.69, 9.17) is 9.97 Å². The molecule has 0 radical (unpaired) electrons. The Hall–Kier alpha value is -5.34. The monoisotopic (exact) mass is 662 g/mol. The maximum atomic E-state index is 5.17. The third-order valence-corrected chi connectivity index (χ3v) is 10.8. The molecule has 0 saturated heterocycles. The molecule has 2 unspecified atom stereocenters. The Morgan fingerprint density at radius 2 is 1.69 bits per heavy atom. The molecule has 0 spiro atoms. The molecule has 0 amide bonds. The van der Waals surface area contributed by atoms with Crippen LogP contribution in [0.2, 0.25) is 0 Å². The highest BCUT2D eigenvalue weighted by atomic mass is 14.9. The Labute approximate surface area is 303 Å². The first kappa shape index (κ1) is 32.8. The molecule has 2 nitrogen and oxygen atoms in total. The van der Waals surface area contributed by atoms with E-state index in [1.165, 1.54) is 44.5 Å². The molecule has 4 aliphatic rings. The average molecular weight is 663 g/mol. The predicted octanol–water partition coefficient (Wildman–Crippen LogP) is 12.2. The fraction of sp³-hybridized carbons (Fsp3) is 0.224. The second-order valence-electron chi connectivity index (χ2n) is 14.1. The SMILES string of the molecule is CC/C=C\C=C/Cc1cc(C2=CC=CCC2)nc(C2=CC(c3ccc4c(c3)-c3ccccc3C(C3=CCCC=C3)(c3ccccc3)C4)CC=C2)n1. The molecule has 2 atom stereocenters. The molecule has 4 aromatic rings. The van der Waals surface area contributed by atoms with E-state index < -0.39 is 0 Å². The van der Waals surface area contributed by atoms with Crippen LogP contribution in [-0.4, -0.2) is 9.97 Å². The minimum atomic E-state index is -0.213. The van der Waals surface area contributed by atoms with Crippen LogP contribution in [0.4, 0.5) is 0 Å². The standard InChI is InChI=1S/C49H46N2/c1-2-3-4-5-15-27-43-34-47(36-19-9-6-10-20-36)51-48(50-43)39-22-18-21-37(32-39)38-30-31-40-35-49(41-23-11-7-12-24-41,42-25-13-8-14-26-42)46-29-17-16-28-44(46)45(40)33-38/h3-7,9,11-13,15-19,22-26,28-34,37H,2,8,10,14,20-21,27,35H2,1H3/b4-3-,15-5-. The smallest absolute Gasteiger partial charge is 0.159 e. The third-order valence-electron chi connectivity index (χ3n) is 10.8. The number of benzene rings is 3. The van der Waals surface area contributed by atoms with Crippen molar-refractivity contribution in [2.75, 3.05) is 0 Å². The molecule has 0 fully saturated rings. The summed E-state index contributed by atoms with van der Waals surface area (Å²) >= 11 is 0. The highest BCUT2D eigenvalue weighted by Gasteiger charge is 2.42. The Morgan fingerprint density at radius 1 is 0.804 bits per heavy atom. The van der Waals surface area contributed by atoms with Crippen LogP contribution in [0, 0.1) is 0 Å². The van der Waals surface area contributed by atoms with E-state index in [2.05, 4.69) is 165 Å². The van der Waals surface area contributed by atoms with Crippen molar-refractivity contribution in [1.29, 1.82) is 0 Å². The van der Waals surface area contributed by atoms with Gasteiger partial charge in [0.05, 0.1) is 5.69 Å². The first-order chi connectivity index (χ1) is 25.2. The molecule has 4 aliphatic carbocycles. The second-order valence-corrected chi connectivity index (χ2v) is 14.1. The van der Waals surface area contributed by atoms with E-state index in [1.807, 2.05) is 0 Å². The molecule has 2 heteroatoms. The highest BCUT2D eigenvalue weighted by molar-refractivity contribution is 5.80. The molecular formula is C49H46N2. The van der Waals surface area contributed by atoms with Gasteiger partial charge in [-0.3, -0.25) is 0 Å². The van der Waals surface area contributed by atoms with Crippen molar-refractivity contribution in [2.24, 2.45) is 0 Å². The van der Waals surface area contributed by atoms with Gasteiger partial charge in [0.15, 0.2) is 5.82 Å². The topological polar surface area (TPSA) is 25.8 Å². The van der Waals surface area contributed by atoms with Crippen molar-refractivity contribution in [3.05, 3.63) is 203 Å². The number of allylic oxidation sites excluding steroid dienone is 16. The van der Waals surface area contributed by atoms with Crippen LogP contribution in [-0.2, 0) is 18.3 Å². The Balaban J connectivity index is 1.16. The van der Waals surface area contributed by atoms with Crippen LogP contribution >= 0.6 is 0 Å². The zero-order valence-corrected chi connectivity index (χ0v) is 29.6. The average Bonchev–Trinajstić information content (AvgIpc) is 3.21. The molecule has 0 N–H and O–H groups in total. The predicted molar refractivity (Wildman–Crippen MR) is 214 cm³/mol. The lowest BCUT2D eigenvalue weighted by molar-refractivity contribution is 0.598. The Bertz CT molecular complexity index is 2170. The number of hydrogen-bond acceptors (Lipinski definition) is 2. The molecule has 0 aliphatic heterocycles. The van der Waals surface area contributed by atoms with Crippen LogP contribution < -0.4 is 0 Å². The number of aromatic nitrogens is 2. The van der Waals surface area contributed by atoms with Gasteiger partial charge in [0, 0.05) is 29.0 Å². The lowest BCUT2D eigenvalue weighted by Gasteiger charge is -2.43. The van der Waals surface area contributed by atoms with Crippen LogP contribution in [0.25, 0.3) is 22.3 Å². The summed E-state index contributed by atoms with van der Waals surface area (Å²) in [4.78, 5) is 10.3. The van der Waals surface area contributed by atoms with Gasteiger partial charge < -0.3 is 0 Å². The molecule has 0 saturated carbocycles. The van der Waals surface area contributed by atoms with Crippen molar-refractivity contribution < 1.29 is 0 Å². The van der Waals surface area contributed by atoms with Crippen LogP contribution in [0.3, 0.4) is 0 Å². The Morgan fingerprint density at radius 3 is 2.53 bits per heavy atom. The van der Waals surface area contributed by atoms with Crippen LogP contribution in [0.1, 0.15) is 90.8 Å². The van der Waals surface area contributed by atoms with Gasteiger partial charge in [-0.1, -0.05) is 159 Å². The molecule has 3 aromatic carbocycles. The minimum absolute atomic E-state index is 0.213. The summed E-state index contributed by atoms with van der Waals surface area (Å²) in [6.45, 7) is 2.16. The van der Waals surface area contributed by atoms with Crippen LogP contribution in [0.5, 0.6) is 0 Å². The van der Waals surface area contributed by atoms with E-state index in [-0.39, 0.29) is 11.3 Å². The molecule has 1 heterocycles.